The summed E-state index contributed by atoms with van der Waals surface area (Å²) in [6.45, 7) is 1.88. The van der Waals surface area contributed by atoms with Gasteiger partial charge in [-0.2, -0.15) is 0 Å². The Morgan fingerprint density at radius 3 is 2.37 bits per heavy atom. The van der Waals surface area contributed by atoms with Crippen LogP contribution in [-0.4, -0.2) is 49.7 Å². The number of amides is 2. The van der Waals surface area contributed by atoms with E-state index in [4.69, 9.17) is 0 Å². The van der Waals surface area contributed by atoms with Crippen molar-refractivity contribution in [1.29, 1.82) is 0 Å². The summed E-state index contributed by atoms with van der Waals surface area (Å²) in [7, 11) is -0.693. The number of nitrogens with one attached hydrogen (secondary N) is 2. The molecule has 27 heavy (non-hydrogen) atoms. The van der Waals surface area contributed by atoms with E-state index in [1.807, 2.05) is 6.07 Å². The average Bonchev–Trinajstić information content (AvgIpc) is 2.66. The van der Waals surface area contributed by atoms with Crippen molar-refractivity contribution in [2.24, 2.45) is 0 Å². The molecule has 0 aliphatic carbocycles. The van der Waals surface area contributed by atoms with Gasteiger partial charge in [-0.1, -0.05) is 6.07 Å². The number of aromatic nitrogens is 1. The van der Waals surface area contributed by atoms with Crippen molar-refractivity contribution in [1.82, 2.24) is 19.9 Å². The van der Waals surface area contributed by atoms with Gasteiger partial charge >= 0.3 is 0 Å². The largest absolute Gasteiger partial charge is 0.350 e. The smallest absolute Gasteiger partial charge is 0.251 e. The molecule has 0 aliphatic heterocycles. The lowest BCUT2D eigenvalue weighted by molar-refractivity contribution is -0.122. The molecule has 1 atom stereocenters. The van der Waals surface area contributed by atoms with E-state index in [0.717, 1.165) is 9.87 Å². The standard InChI is InChI=1S/C18H22N4O4S/c1-13(17(23)20-12-14-5-4-10-19-11-14)21-18(24)15-6-8-16(9-7-15)27(25,26)22(2)3/h4-11,13H,12H2,1-3H3,(H,20,23)(H,21,24)/t13-/m0/s1. The third-order valence-electron chi connectivity index (χ3n) is 3.83. The Labute approximate surface area is 158 Å². The fourth-order valence-electron chi connectivity index (χ4n) is 2.18. The van der Waals surface area contributed by atoms with E-state index in [1.54, 1.807) is 25.4 Å². The molecule has 0 unspecified atom stereocenters. The van der Waals surface area contributed by atoms with Gasteiger partial charge in [0.15, 0.2) is 0 Å². The maximum absolute atomic E-state index is 12.3. The molecule has 0 radical (unpaired) electrons. The summed E-state index contributed by atoms with van der Waals surface area (Å²) >= 11 is 0. The van der Waals surface area contributed by atoms with Crippen molar-refractivity contribution >= 4 is 21.8 Å². The molecule has 0 spiro atoms. The number of sulfonamides is 1. The predicted molar refractivity (Wildman–Crippen MR) is 100 cm³/mol. The van der Waals surface area contributed by atoms with Crippen LogP contribution in [0.1, 0.15) is 22.8 Å². The molecular weight excluding hydrogens is 368 g/mol. The Balaban J connectivity index is 1.94. The lowest BCUT2D eigenvalue weighted by atomic mass is 10.2. The van der Waals surface area contributed by atoms with Gasteiger partial charge in [-0.05, 0) is 42.8 Å². The van der Waals surface area contributed by atoms with Gasteiger partial charge in [-0.3, -0.25) is 14.6 Å². The molecule has 2 amide bonds. The fourth-order valence-corrected chi connectivity index (χ4v) is 3.08. The van der Waals surface area contributed by atoms with E-state index in [9.17, 15) is 18.0 Å². The molecule has 9 heteroatoms. The van der Waals surface area contributed by atoms with Crippen LogP contribution in [0.15, 0.2) is 53.7 Å². The first kappa shape index (κ1) is 20.5. The first-order valence-electron chi connectivity index (χ1n) is 8.22. The molecule has 1 aromatic carbocycles. The molecular formula is C18H22N4O4S. The molecule has 0 saturated carbocycles. The normalized spacial score (nSPS) is 12.4. The van der Waals surface area contributed by atoms with Crippen molar-refractivity contribution in [3.63, 3.8) is 0 Å². The van der Waals surface area contributed by atoms with E-state index >= 15 is 0 Å². The van der Waals surface area contributed by atoms with Crippen LogP contribution in [0.5, 0.6) is 0 Å². The van der Waals surface area contributed by atoms with Crippen LogP contribution in [0.4, 0.5) is 0 Å². The van der Waals surface area contributed by atoms with E-state index in [2.05, 4.69) is 15.6 Å². The average molecular weight is 390 g/mol. The fraction of sp³-hybridized carbons (Fsp3) is 0.278. The number of rotatable bonds is 7. The zero-order valence-corrected chi connectivity index (χ0v) is 16.2. The monoisotopic (exact) mass is 390 g/mol. The Morgan fingerprint density at radius 1 is 1.15 bits per heavy atom. The van der Waals surface area contributed by atoms with Crippen molar-refractivity contribution in [2.45, 2.75) is 24.4 Å². The maximum atomic E-state index is 12.3. The number of nitrogens with zero attached hydrogens (tertiary/aromatic N) is 2. The zero-order chi connectivity index (χ0) is 20.0. The molecule has 2 aromatic rings. The Morgan fingerprint density at radius 2 is 1.81 bits per heavy atom. The lowest BCUT2D eigenvalue weighted by Crippen LogP contribution is -2.44. The highest BCUT2D eigenvalue weighted by molar-refractivity contribution is 7.89. The third kappa shape index (κ3) is 5.35. The highest BCUT2D eigenvalue weighted by atomic mass is 32.2. The lowest BCUT2D eigenvalue weighted by Gasteiger charge is -2.15. The number of pyridine rings is 1. The molecule has 0 bridgehead atoms. The Hall–Kier alpha value is -2.78. The first-order chi connectivity index (χ1) is 12.7. The second kappa shape index (κ2) is 8.74. The summed E-state index contributed by atoms with van der Waals surface area (Å²) in [6, 6.07) is 8.39. The molecule has 1 heterocycles. The molecule has 2 N–H and O–H groups in total. The zero-order valence-electron chi connectivity index (χ0n) is 15.3. The first-order valence-corrected chi connectivity index (χ1v) is 9.66. The SMILES string of the molecule is C[C@H](NC(=O)c1ccc(S(=O)(=O)N(C)C)cc1)C(=O)NCc1cccnc1. The molecule has 0 aliphatic rings. The number of hydrogen-bond acceptors (Lipinski definition) is 5. The van der Waals surface area contributed by atoms with Gasteiger partial charge in [0.25, 0.3) is 5.91 Å². The summed E-state index contributed by atoms with van der Waals surface area (Å²) in [5.41, 5.74) is 1.11. The highest BCUT2D eigenvalue weighted by Gasteiger charge is 2.19. The maximum Gasteiger partial charge on any atom is 0.251 e. The predicted octanol–water partition coefficient (Wildman–Crippen LogP) is 0.767. The second-order valence-corrected chi connectivity index (χ2v) is 8.24. The van der Waals surface area contributed by atoms with Crippen molar-refractivity contribution < 1.29 is 18.0 Å². The van der Waals surface area contributed by atoms with Crippen LogP contribution in [0, 0.1) is 0 Å². The van der Waals surface area contributed by atoms with Crippen LogP contribution < -0.4 is 10.6 Å². The van der Waals surface area contributed by atoms with Gasteiger partial charge in [-0.15, -0.1) is 0 Å². The van der Waals surface area contributed by atoms with Gasteiger partial charge in [0.2, 0.25) is 15.9 Å². The minimum absolute atomic E-state index is 0.0892. The number of carbonyl (C=O) groups is 2. The van der Waals surface area contributed by atoms with Crippen LogP contribution in [0.3, 0.4) is 0 Å². The van der Waals surface area contributed by atoms with Crippen molar-refractivity contribution in [2.75, 3.05) is 14.1 Å². The highest BCUT2D eigenvalue weighted by Crippen LogP contribution is 2.14. The molecule has 144 valence electrons. The minimum atomic E-state index is -3.56. The molecule has 0 fully saturated rings. The molecule has 8 nitrogen and oxygen atoms in total. The van der Waals surface area contributed by atoms with Crippen LogP contribution >= 0.6 is 0 Å². The Kier molecular flexibility index (Phi) is 6.65. The van der Waals surface area contributed by atoms with Crippen molar-refractivity contribution in [3.05, 3.63) is 59.9 Å². The van der Waals surface area contributed by atoms with Crippen molar-refractivity contribution in [3.8, 4) is 0 Å². The van der Waals surface area contributed by atoms with E-state index in [0.29, 0.717) is 6.54 Å². The topological polar surface area (TPSA) is 108 Å². The summed E-state index contributed by atoms with van der Waals surface area (Å²) in [5, 5.41) is 5.31. The quantitative estimate of drug-likeness (QED) is 0.726. The molecule has 2 rings (SSSR count). The summed E-state index contributed by atoms with van der Waals surface area (Å²) in [4.78, 5) is 28.4. The second-order valence-electron chi connectivity index (χ2n) is 6.09. The summed E-state index contributed by atoms with van der Waals surface area (Å²) < 4.78 is 25.2. The third-order valence-corrected chi connectivity index (χ3v) is 5.65. The van der Waals surface area contributed by atoms with Crippen LogP contribution in [0.2, 0.25) is 0 Å². The van der Waals surface area contributed by atoms with Crippen LogP contribution in [-0.2, 0) is 21.4 Å². The van der Waals surface area contributed by atoms with Gasteiger partial charge in [0.05, 0.1) is 4.90 Å². The van der Waals surface area contributed by atoms with Gasteiger partial charge in [0.1, 0.15) is 6.04 Å². The van der Waals surface area contributed by atoms with Crippen LogP contribution in [0.25, 0.3) is 0 Å². The molecule has 1 aromatic heterocycles. The summed E-state index contributed by atoms with van der Waals surface area (Å²) in [6.07, 6.45) is 3.29. The van der Waals surface area contributed by atoms with Gasteiger partial charge < -0.3 is 10.6 Å². The van der Waals surface area contributed by atoms with Gasteiger partial charge in [-0.25, -0.2) is 12.7 Å². The summed E-state index contributed by atoms with van der Waals surface area (Å²) in [5.74, 6) is -0.799. The number of carbonyl (C=O) groups excluding carboxylic acids is 2. The number of hydrogen-bond donors (Lipinski definition) is 2. The number of benzene rings is 1. The van der Waals surface area contributed by atoms with E-state index < -0.39 is 22.0 Å². The van der Waals surface area contributed by atoms with E-state index in [1.165, 1.54) is 38.4 Å². The van der Waals surface area contributed by atoms with Gasteiger partial charge in [0, 0.05) is 38.6 Å². The van der Waals surface area contributed by atoms with E-state index in [-0.39, 0.29) is 16.4 Å². The minimum Gasteiger partial charge on any atom is -0.350 e. The Bertz CT molecular complexity index is 897. The molecule has 0 saturated heterocycles.